The SMILES string of the molecule is N#Cc1nccnc1O[C@H]1CCN(C(=O)COc2cccc(C(F)(F)F)c2)C1. The Morgan fingerprint density at radius 3 is 2.86 bits per heavy atom. The maximum Gasteiger partial charge on any atom is 0.416 e. The van der Waals surface area contributed by atoms with E-state index in [2.05, 4.69) is 9.97 Å². The van der Waals surface area contributed by atoms with Crippen LogP contribution in [-0.4, -0.2) is 46.6 Å². The molecule has 1 aromatic carbocycles. The molecule has 1 amide bonds. The van der Waals surface area contributed by atoms with Gasteiger partial charge in [0.15, 0.2) is 6.61 Å². The van der Waals surface area contributed by atoms with Crippen molar-refractivity contribution in [3.05, 3.63) is 47.9 Å². The maximum absolute atomic E-state index is 12.7. The van der Waals surface area contributed by atoms with Crippen molar-refractivity contribution < 1.29 is 27.4 Å². The van der Waals surface area contributed by atoms with Crippen LogP contribution in [0, 0.1) is 11.3 Å². The molecule has 10 heteroatoms. The highest BCUT2D eigenvalue weighted by molar-refractivity contribution is 5.78. The highest BCUT2D eigenvalue weighted by Crippen LogP contribution is 2.31. The van der Waals surface area contributed by atoms with E-state index in [1.54, 1.807) is 0 Å². The Labute approximate surface area is 158 Å². The van der Waals surface area contributed by atoms with Crippen molar-refractivity contribution in [3.8, 4) is 17.7 Å². The van der Waals surface area contributed by atoms with Gasteiger partial charge in [-0.25, -0.2) is 9.97 Å². The predicted octanol–water partition coefficient (Wildman–Crippen LogP) is 2.43. The summed E-state index contributed by atoms with van der Waals surface area (Å²) in [6.45, 7) is 0.270. The lowest BCUT2D eigenvalue weighted by Gasteiger charge is -2.17. The molecule has 0 aliphatic carbocycles. The Kier molecular flexibility index (Phi) is 5.63. The number of alkyl halides is 3. The first-order chi connectivity index (χ1) is 13.4. The van der Waals surface area contributed by atoms with Crippen LogP contribution in [0.3, 0.4) is 0 Å². The summed E-state index contributed by atoms with van der Waals surface area (Å²) in [4.78, 5) is 21.6. The first-order valence-electron chi connectivity index (χ1n) is 8.32. The van der Waals surface area contributed by atoms with E-state index in [1.165, 1.54) is 29.4 Å². The molecule has 1 aliphatic rings. The molecular formula is C18H15F3N4O3. The van der Waals surface area contributed by atoms with E-state index in [9.17, 15) is 18.0 Å². The molecular weight excluding hydrogens is 377 g/mol. The summed E-state index contributed by atoms with van der Waals surface area (Å²) in [6.07, 6.45) is -1.54. The minimum Gasteiger partial charge on any atom is -0.484 e. The third-order valence-electron chi connectivity index (χ3n) is 4.07. The van der Waals surface area contributed by atoms with Crippen molar-refractivity contribution >= 4 is 5.91 Å². The standard InChI is InChI=1S/C18H15F3N4O3/c19-18(20,21)12-2-1-3-13(8-12)27-11-16(26)25-7-4-14(10-25)28-17-15(9-22)23-5-6-24-17/h1-3,5-6,8,14H,4,7,10-11H2/t14-/m0/s1. The number of amides is 1. The van der Waals surface area contributed by atoms with Gasteiger partial charge in [0.2, 0.25) is 5.69 Å². The topological polar surface area (TPSA) is 88.3 Å². The number of hydrogen-bond acceptors (Lipinski definition) is 6. The molecule has 1 saturated heterocycles. The van der Waals surface area contributed by atoms with Crippen molar-refractivity contribution in [2.24, 2.45) is 0 Å². The molecule has 2 aromatic rings. The second-order valence-electron chi connectivity index (χ2n) is 6.00. The van der Waals surface area contributed by atoms with Crippen LogP contribution in [0.2, 0.25) is 0 Å². The minimum atomic E-state index is -4.48. The summed E-state index contributed by atoms with van der Waals surface area (Å²) in [5.41, 5.74) is -0.787. The van der Waals surface area contributed by atoms with Crippen molar-refractivity contribution in [3.63, 3.8) is 0 Å². The first kappa shape index (κ1) is 19.4. The Morgan fingerprint density at radius 2 is 2.11 bits per heavy atom. The number of benzene rings is 1. The van der Waals surface area contributed by atoms with Gasteiger partial charge in [0.05, 0.1) is 12.1 Å². The van der Waals surface area contributed by atoms with E-state index in [-0.39, 0.29) is 42.5 Å². The second-order valence-corrected chi connectivity index (χ2v) is 6.00. The number of carbonyl (C=O) groups is 1. The van der Waals surface area contributed by atoms with E-state index in [1.807, 2.05) is 6.07 Å². The van der Waals surface area contributed by atoms with Crippen LogP contribution < -0.4 is 9.47 Å². The number of nitrogens with zero attached hydrogens (tertiary/aromatic N) is 4. The molecule has 146 valence electrons. The van der Waals surface area contributed by atoms with Gasteiger partial charge in [-0.3, -0.25) is 4.79 Å². The molecule has 1 fully saturated rings. The summed E-state index contributed by atoms with van der Waals surface area (Å²) in [6, 6.07) is 6.23. The molecule has 3 rings (SSSR count). The molecule has 1 aromatic heterocycles. The van der Waals surface area contributed by atoms with Gasteiger partial charge >= 0.3 is 6.18 Å². The monoisotopic (exact) mass is 392 g/mol. The van der Waals surface area contributed by atoms with E-state index in [4.69, 9.17) is 14.7 Å². The maximum atomic E-state index is 12.7. The van der Waals surface area contributed by atoms with Gasteiger partial charge in [-0.15, -0.1) is 0 Å². The van der Waals surface area contributed by atoms with Crippen molar-refractivity contribution in [2.45, 2.75) is 18.7 Å². The summed E-state index contributed by atoms with van der Waals surface area (Å²) in [5.74, 6) is -0.305. The van der Waals surface area contributed by atoms with E-state index in [0.29, 0.717) is 13.0 Å². The van der Waals surface area contributed by atoms with E-state index >= 15 is 0 Å². The number of halogens is 3. The minimum absolute atomic E-state index is 0.0339. The summed E-state index contributed by atoms with van der Waals surface area (Å²) in [7, 11) is 0. The molecule has 0 unspecified atom stereocenters. The third kappa shape index (κ3) is 4.68. The second kappa shape index (κ2) is 8.12. The van der Waals surface area contributed by atoms with Crippen LogP contribution in [-0.2, 0) is 11.0 Å². The van der Waals surface area contributed by atoms with Crippen molar-refractivity contribution in [1.82, 2.24) is 14.9 Å². The molecule has 7 nitrogen and oxygen atoms in total. The number of aromatic nitrogens is 2. The van der Waals surface area contributed by atoms with Gasteiger partial charge in [-0.05, 0) is 18.2 Å². The number of ether oxygens (including phenoxy) is 2. The molecule has 28 heavy (non-hydrogen) atoms. The van der Waals surface area contributed by atoms with E-state index in [0.717, 1.165) is 12.1 Å². The third-order valence-corrected chi connectivity index (χ3v) is 4.07. The van der Waals surface area contributed by atoms with Crippen LogP contribution in [0.4, 0.5) is 13.2 Å². The normalized spacial score (nSPS) is 16.5. The van der Waals surface area contributed by atoms with E-state index < -0.39 is 11.7 Å². The van der Waals surface area contributed by atoms with Gasteiger partial charge in [-0.2, -0.15) is 18.4 Å². The number of likely N-dealkylation sites (tertiary alicyclic amines) is 1. The molecule has 2 heterocycles. The van der Waals surface area contributed by atoms with Crippen LogP contribution in [0.5, 0.6) is 11.6 Å². The molecule has 0 radical (unpaired) electrons. The number of nitriles is 1. The smallest absolute Gasteiger partial charge is 0.416 e. The molecule has 1 atom stereocenters. The predicted molar refractivity (Wildman–Crippen MR) is 89.3 cm³/mol. The number of hydrogen-bond donors (Lipinski definition) is 0. The van der Waals surface area contributed by atoms with Crippen molar-refractivity contribution in [1.29, 1.82) is 5.26 Å². The van der Waals surface area contributed by atoms with Crippen LogP contribution in [0.1, 0.15) is 17.7 Å². The Balaban J connectivity index is 1.53. The Morgan fingerprint density at radius 1 is 1.32 bits per heavy atom. The molecule has 0 spiro atoms. The largest absolute Gasteiger partial charge is 0.484 e. The molecule has 0 bridgehead atoms. The van der Waals surface area contributed by atoms with Gasteiger partial charge in [0.1, 0.15) is 17.9 Å². The number of rotatable bonds is 5. The van der Waals surface area contributed by atoms with Crippen molar-refractivity contribution in [2.75, 3.05) is 19.7 Å². The Hall–Kier alpha value is -3.35. The first-order valence-corrected chi connectivity index (χ1v) is 8.32. The lowest BCUT2D eigenvalue weighted by Crippen LogP contribution is -2.34. The average Bonchev–Trinajstić information content (AvgIpc) is 3.15. The highest BCUT2D eigenvalue weighted by atomic mass is 19.4. The zero-order valence-corrected chi connectivity index (χ0v) is 14.5. The Bertz CT molecular complexity index is 898. The highest BCUT2D eigenvalue weighted by Gasteiger charge is 2.31. The average molecular weight is 392 g/mol. The summed E-state index contributed by atoms with van der Waals surface area (Å²) in [5, 5.41) is 9.00. The van der Waals surface area contributed by atoms with Gasteiger partial charge in [0, 0.05) is 25.4 Å². The fourth-order valence-electron chi connectivity index (χ4n) is 2.70. The quantitative estimate of drug-likeness (QED) is 0.777. The van der Waals surface area contributed by atoms with Gasteiger partial charge in [-0.1, -0.05) is 6.07 Å². The van der Waals surface area contributed by atoms with Crippen LogP contribution in [0.15, 0.2) is 36.7 Å². The lowest BCUT2D eigenvalue weighted by molar-refractivity contribution is -0.137. The zero-order chi connectivity index (χ0) is 20.1. The number of carbonyl (C=O) groups excluding carboxylic acids is 1. The zero-order valence-electron chi connectivity index (χ0n) is 14.5. The van der Waals surface area contributed by atoms with Gasteiger partial charge < -0.3 is 14.4 Å². The lowest BCUT2D eigenvalue weighted by atomic mass is 10.2. The molecule has 0 N–H and O–H groups in total. The fraction of sp³-hybridized carbons (Fsp3) is 0.333. The van der Waals surface area contributed by atoms with Gasteiger partial charge in [0.25, 0.3) is 11.8 Å². The van der Waals surface area contributed by atoms with Crippen LogP contribution in [0.25, 0.3) is 0 Å². The summed E-state index contributed by atoms with van der Waals surface area (Å²) >= 11 is 0. The fourth-order valence-corrected chi connectivity index (χ4v) is 2.70. The van der Waals surface area contributed by atoms with Crippen LogP contribution >= 0.6 is 0 Å². The molecule has 0 saturated carbocycles. The summed E-state index contributed by atoms with van der Waals surface area (Å²) < 4.78 is 49.0. The molecule has 1 aliphatic heterocycles.